The summed E-state index contributed by atoms with van der Waals surface area (Å²) in [4.78, 5) is 17.0. The SMILES string of the molecule is O=C=NC1(c2c(Cl)cccc2N2CCCC2)CC1. The van der Waals surface area contributed by atoms with Gasteiger partial charge in [-0.15, -0.1) is 0 Å². The zero-order valence-electron chi connectivity index (χ0n) is 10.2. The van der Waals surface area contributed by atoms with Crippen LogP contribution in [0.1, 0.15) is 31.2 Å². The first kappa shape index (κ1) is 11.8. The van der Waals surface area contributed by atoms with Gasteiger partial charge in [0.2, 0.25) is 6.08 Å². The first-order chi connectivity index (χ1) is 8.77. The standard InChI is InChI=1S/C14H15ClN2O/c15-11-4-3-5-12(17-8-1-2-9-17)13(11)14(6-7-14)16-10-18/h3-5H,1-2,6-9H2. The zero-order chi connectivity index (χ0) is 12.6. The predicted molar refractivity (Wildman–Crippen MR) is 71.9 cm³/mol. The molecule has 0 atom stereocenters. The maximum absolute atomic E-state index is 10.6. The third-order valence-corrected chi connectivity index (χ3v) is 4.20. The van der Waals surface area contributed by atoms with Crippen molar-refractivity contribution < 1.29 is 4.79 Å². The Morgan fingerprint density at radius 2 is 2.00 bits per heavy atom. The van der Waals surface area contributed by atoms with Gasteiger partial charge in [-0.3, -0.25) is 0 Å². The van der Waals surface area contributed by atoms with Gasteiger partial charge in [-0.2, -0.15) is 4.99 Å². The van der Waals surface area contributed by atoms with E-state index >= 15 is 0 Å². The summed E-state index contributed by atoms with van der Waals surface area (Å²) in [6.07, 6.45) is 5.94. The van der Waals surface area contributed by atoms with Crippen molar-refractivity contribution in [1.29, 1.82) is 0 Å². The fourth-order valence-electron chi connectivity index (χ4n) is 2.82. The number of isocyanates is 1. The molecule has 2 aliphatic rings. The van der Waals surface area contributed by atoms with Crippen molar-refractivity contribution in [3.05, 3.63) is 28.8 Å². The van der Waals surface area contributed by atoms with Gasteiger partial charge in [-0.1, -0.05) is 17.7 Å². The van der Waals surface area contributed by atoms with Crippen LogP contribution in [0, 0.1) is 0 Å². The average Bonchev–Trinajstić information content (AvgIpc) is 2.93. The molecule has 0 radical (unpaired) electrons. The number of rotatable bonds is 3. The Kier molecular flexibility index (Phi) is 2.89. The van der Waals surface area contributed by atoms with Crippen molar-refractivity contribution in [1.82, 2.24) is 0 Å². The van der Waals surface area contributed by atoms with Crippen LogP contribution in [0.5, 0.6) is 0 Å². The van der Waals surface area contributed by atoms with Crippen LogP contribution < -0.4 is 4.90 Å². The van der Waals surface area contributed by atoms with Crippen LogP contribution in [0.25, 0.3) is 0 Å². The van der Waals surface area contributed by atoms with Crippen molar-refractivity contribution in [3.8, 4) is 0 Å². The largest absolute Gasteiger partial charge is 0.371 e. The van der Waals surface area contributed by atoms with Crippen molar-refractivity contribution in [2.24, 2.45) is 4.99 Å². The Morgan fingerprint density at radius 3 is 2.61 bits per heavy atom. The highest BCUT2D eigenvalue weighted by molar-refractivity contribution is 6.32. The first-order valence-corrected chi connectivity index (χ1v) is 6.78. The summed E-state index contributed by atoms with van der Waals surface area (Å²) >= 11 is 6.35. The van der Waals surface area contributed by atoms with E-state index < -0.39 is 5.54 Å². The fraction of sp³-hybridized carbons (Fsp3) is 0.500. The molecular formula is C14H15ClN2O. The molecule has 0 unspecified atom stereocenters. The highest BCUT2D eigenvalue weighted by Crippen LogP contribution is 2.54. The molecule has 0 spiro atoms. The van der Waals surface area contributed by atoms with Crippen LogP contribution in [-0.2, 0) is 10.3 Å². The Hall–Kier alpha value is -1.31. The minimum Gasteiger partial charge on any atom is -0.371 e. The lowest BCUT2D eigenvalue weighted by molar-refractivity contribution is 0.556. The molecule has 0 N–H and O–H groups in total. The summed E-state index contributed by atoms with van der Waals surface area (Å²) in [6, 6.07) is 5.95. The smallest absolute Gasteiger partial charge is 0.235 e. The lowest BCUT2D eigenvalue weighted by atomic mass is 10.0. The highest BCUT2D eigenvalue weighted by atomic mass is 35.5. The molecule has 4 heteroatoms. The molecule has 94 valence electrons. The number of aliphatic imine (C=N–C) groups is 1. The maximum Gasteiger partial charge on any atom is 0.235 e. The van der Waals surface area contributed by atoms with Gasteiger partial charge in [0.25, 0.3) is 0 Å². The first-order valence-electron chi connectivity index (χ1n) is 6.40. The number of halogens is 1. The Bertz CT molecular complexity index is 513. The number of hydrogen-bond donors (Lipinski definition) is 0. The number of nitrogens with zero attached hydrogens (tertiary/aromatic N) is 2. The molecule has 0 bridgehead atoms. The van der Waals surface area contributed by atoms with Gasteiger partial charge in [0.1, 0.15) is 5.54 Å². The van der Waals surface area contributed by atoms with Crippen molar-refractivity contribution in [2.75, 3.05) is 18.0 Å². The summed E-state index contributed by atoms with van der Waals surface area (Å²) in [5.74, 6) is 0. The van der Waals surface area contributed by atoms with Crippen LogP contribution >= 0.6 is 11.6 Å². The molecule has 1 aromatic rings. The van der Waals surface area contributed by atoms with E-state index in [0.717, 1.165) is 42.2 Å². The van der Waals surface area contributed by atoms with E-state index in [1.54, 1.807) is 6.08 Å². The molecular weight excluding hydrogens is 248 g/mol. The Labute approximate surface area is 111 Å². The van der Waals surface area contributed by atoms with Gasteiger partial charge in [0.05, 0.1) is 0 Å². The second-order valence-corrected chi connectivity index (χ2v) is 5.47. The number of anilines is 1. The molecule has 1 aromatic carbocycles. The van der Waals surface area contributed by atoms with Crippen LogP contribution in [-0.4, -0.2) is 19.2 Å². The fourth-order valence-corrected chi connectivity index (χ4v) is 3.16. The molecule has 0 aromatic heterocycles. The second kappa shape index (κ2) is 4.42. The van der Waals surface area contributed by atoms with Crippen molar-refractivity contribution >= 4 is 23.4 Å². The van der Waals surface area contributed by atoms with Gasteiger partial charge in [-0.25, -0.2) is 4.79 Å². The van der Waals surface area contributed by atoms with Gasteiger partial charge < -0.3 is 4.90 Å². The summed E-state index contributed by atoms with van der Waals surface area (Å²) in [6.45, 7) is 2.13. The zero-order valence-corrected chi connectivity index (χ0v) is 10.9. The van der Waals surface area contributed by atoms with E-state index in [4.69, 9.17) is 11.6 Å². The molecule has 1 aliphatic carbocycles. The lowest BCUT2D eigenvalue weighted by Gasteiger charge is -2.24. The van der Waals surface area contributed by atoms with E-state index in [2.05, 4.69) is 16.0 Å². The summed E-state index contributed by atoms with van der Waals surface area (Å²) in [5, 5.41) is 0.718. The van der Waals surface area contributed by atoms with Gasteiger partial charge >= 0.3 is 0 Å². The molecule has 2 fully saturated rings. The topological polar surface area (TPSA) is 32.7 Å². The normalized spacial score (nSPS) is 20.6. The molecule has 1 heterocycles. The number of carbonyl (C=O) groups excluding carboxylic acids is 1. The predicted octanol–water partition coefficient (Wildman–Crippen LogP) is 3.27. The van der Waals surface area contributed by atoms with Crippen LogP contribution in [0.2, 0.25) is 5.02 Å². The van der Waals surface area contributed by atoms with E-state index in [0.29, 0.717) is 0 Å². The van der Waals surface area contributed by atoms with Crippen LogP contribution in [0.3, 0.4) is 0 Å². The van der Waals surface area contributed by atoms with Gasteiger partial charge in [-0.05, 0) is 37.8 Å². The molecule has 1 aliphatic heterocycles. The van der Waals surface area contributed by atoms with Gasteiger partial charge in [0, 0.05) is 29.4 Å². The molecule has 0 amide bonds. The summed E-state index contributed by atoms with van der Waals surface area (Å²) in [7, 11) is 0. The molecule has 1 saturated heterocycles. The van der Waals surface area contributed by atoms with E-state index in [1.165, 1.54) is 12.8 Å². The van der Waals surface area contributed by atoms with Crippen LogP contribution in [0.4, 0.5) is 5.69 Å². The Morgan fingerprint density at radius 1 is 1.28 bits per heavy atom. The van der Waals surface area contributed by atoms with Crippen molar-refractivity contribution in [2.45, 2.75) is 31.2 Å². The maximum atomic E-state index is 10.6. The van der Waals surface area contributed by atoms with Gasteiger partial charge in [0.15, 0.2) is 0 Å². The quantitative estimate of drug-likeness (QED) is 0.619. The van der Waals surface area contributed by atoms with E-state index in [1.807, 2.05) is 12.1 Å². The summed E-state index contributed by atoms with van der Waals surface area (Å²) < 4.78 is 0. The lowest BCUT2D eigenvalue weighted by Crippen LogP contribution is -2.21. The van der Waals surface area contributed by atoms with Crippen molar-refractivity contribution in [3.63, 3.8) is 0 Å². The monoisotopic (exact) mass is 262 g/mol. The van der Waals surface area contributed by atoms with E-state index in [9.17, 15) is 4.79 Å². The second-order valence-electron chi connectivity index (χ2n) is 5.06. The number of hydrogen-bond acceptors (Lipinski definition) is 3. The summed E-state index contributed by atoms with van der Waals surface area (Å²) in [5.41, 5.74) is 1.78. The van der Waals surface area contributed by atoms with E-state index in [-0.39, 0.29) is 0 Å². The Balaban J connectivity index is 2.09. The molecule has 3 nitrogen and oxygen atoms in total. The molecule has 18 heavy (non-hydrogen) atoms. The third kappa shape index (κ3) is 1.84. The minimum absolute atomic E-state index is 0.391. The molecule has 3 rings (SSSR count). The molecule has 1 saturated carbocycles. The highest BCUT2D eigenvalue weighted by Gasteiger charge is 2.48. The third-order valence-electron chi connectivity index (χ3n) is 3.89. The van der Waals surface area contributed by atoms with Crippen LogP contribution in [0.15, 0.2) is 23.2 Å². The minimum atomic E-state index is -0.391. The number of benzene rings is 1. The average molecular weight is 263 g/mol.